The second-order valence-corrected chi connectivity index (χ2v) is 5.39. The van der Waals surface area contributed by atoms with Gasteiger partial charge in [-0.3, -0.25) is 0 Å². The fraction of sp³-hybridized carbons (Fsp3) is 0.0714. The van der Waals surface area contributed by atoms with E-state index in [0.717, 1.165) is 21.3 Å². The molecule has 0 unspecified atom stereocenters. The lowest BCUT2D eigenvalue weighted by Crippen LogP contribution is -2.13. The fourth-order valence-corrected chi connectivity index (χ4v) is 2.22. The van der Waals surface area contributed by atoms with Gasteiger partial charge in [-0.25, -0.2) is 4.39 Å². The number of thiocarbonyl (C=S) groups is 1. The molecule has 0 aliphatic rings. The summed E-state index contributed by atoms with van der Waals surface area (Å²) in [5, 5.41) is 3.25. The molecule has 3 N–H and O–H groups in total. The predicted molar refractivity (Wildman–Crippen MR) is 83.8 cm³/mol. The summed E-state index contributed by atoms with van der Waals surface area (Å²) < 4.78 is 13.8. The number of nitrogens with two attached hydrogens (primary N) is 1. The summed E-state index contributed by atoms with van der Waals surface area (Å²) in [5.41, 5.74) is 8.31. The lowest BCUT2D eigenvalue weighted by molar-refractivity contribution is 0.627. The van der Waals surface area contributed by atoms with E-state index in [9.17, 15) is 4.39 Å². The van der Waals surface area contributed by atoms with Gasteiger partial charge in [0, 0.05) is 22.3 Å². The Balaban J connectivity index is 2.16. The first kappa shape index (κ1) is 14.0. The molecule has 0 amide bonds. The maximum absolute atomic E-state index is 12.8. The Morgan fingerprint density at radius 1 is 1.21 bits per heavy atom. The van der Waals surface area contributed by atoms with Crippen LogP contribution in [0.2, 0.25) is 0 Å². The summed E-state index contributed by atoms with van der Waals surface area (Å²) in [5.74, 6) is -0.241. The molecule has 0 saturated carbocycles. The molecule has 0 aromatic heterocycles. The van der Waals surface area contributed by atoms with Crippen molar-refractivity contribution in [2.24, 2.45) is 5.73 Å². The number of anilines is 1. The topological polar surface area (TPSA) is 38.0 Å². The molecule has 2 aromatic rings. The van der Waals surface area contributed by atoms with E-state index < -0.39 is 0 Å². The average Bonchev–Trinajstić information content (AvgIpc) is 2.38. The van der Waals surface area contributed by atoms with E-state index >= 15 is 0 Å². The minimum atomic E-state index is -0.241. The molecule has 0 atom stereocenters. The van der Waals surface area contributed by atoms with Crippen molar-refractivity contribution in [3.63, 3.8) is 0 Å². The SMILES string of the molecule is NC(=S)c1ccc(Br)cc1NCc1ccc(F)cc1. The second-order valence-electron chi connectivity index (χ2n) is 4.03. The first-order chi connectivity index (χ1) is 9.06. The summed E-state index contributed by atoms with van der Waals surface area (Å²) in [6.45, 7) is 0.576. The highest BCUT2D eigenvalue weighted by Crippen LogP contribution is 2.22. The van der Waals surface area contributed by atoms with Crippen LogP contribution in [0, 0.1) is 5.82 Å². The molecule has 0 aliphatic carbocycles. The quantitative estimate of drug-likeness (QED) is 0.832. The van der Waals surface area contributed by atoms with E-state index in [2.05, 4.69) is 21.2 Å². The monoisotopic (exact) mass is 338 g/mol. The largest absolute Gasteiger partial charge is 0.389 e. The van der Waals surface area contributed by atoms with Crippen LogP contribution in [-0.4, -0.2) is 4.99 Å². The Kier molecular flexibility index (Phi) is 4.50. The zero-order valence-corrected chi connectivity index (χ0v) is 12.4. The minimum absolute atomic E-state index is 0.241. The molecule has 19 heavy (non-hydrogen) atoms. The van der Waals surface area contributed by atoms with Crippen LogP contribution in [-0.2, 0) is 6.54 Å². The van der Waals surface area contributed by atoms with E-state index in [0.29, 0.717) is 11.5 Å². The first-order valence-corrected chi connectivity index (χ1v) is 6.84. The highest BCUT2D eigenvalue weighted by molar-refractivity contribution is 9.10. The number of hydrogen-bond donors (Lipinski definition) is 2. The molecule has 2 rings (SSSR count). The Morgan fingerprint density at radius 3 is 2.53 bits per heavy atom. The van der Waals surface area contributed by atoms with Crippen molar-refractivity contribution in [3.05, 3.63) is 63.9 Å². The molecule has 2 nitrogen and oxygen atoms in total. The van der Waals surface area contributed by atoms with Crippen molar-refractivity contribution < 1.29 is 4.39 Å². The standard InChI is InChI=1S/C14H12BrFN2S/c15-10-3-6-12(14(17)19)13(7-10)18-8-9-1-4-11(16)5-2-9/h1-7,18H,8H2,(H2,17,19). The van der Waals surface area contributed by atoms with Gasteiger partial charge in [0.2, 0.25) is 0 Å². The Morgan fingerprint density at radius 2 is 1.89 bits per heavy atom. The smallest absolute Gasteiger partial charge is 0.123 e. The fourth-order valence-electron chi connectivity index (χ4n) is 1.68. The molecular weight excluding hydrogens is 327 g/mol. The summed E-state index contributed by atoms with van der Waals surface area (Å²) in [6, 6.07) is 12.0. The molecular formula is C14H12BrFN2S. The summed E-state index contributed by atoms with van der Waals surface area (Å²) >= 11 is 8.42. The van der Waals surface area contributed by atoms with Crippen molar-refractivity contribution >= 4 is 38.8 Å². The van der Waals surface area contributed by atoms with Gasteiger partial charge >= 0.3 is 0 Å². The highest BCUT2D eigenvalue weighted by Gasteiger charge is 2.05. The van der Waals surface area contributed by atoms with Crippen molar-refractivity contribution in [2.45, 2.75) is 6.54 Å². The van der Waals surface area contributed by atoms with E-state index in [1.54, 1.807) is 12.1 Å². The molecule has 0 saturated heterocycles. The molecule has 0 spiro atoms. The molecule has 98 valence electrons. The van der Waals surface area contributed by atoms with Crippen LogP contribution in [0.25, 0.3) is 0 Å². The van der Waals surface area contributed by atoms with Gasteiger partial charge in [0.05, 0.1) is 0 Å². The lowest BCUT2D eigenvalue weighted by atomic mass is 10.1. The summed E-state index contributed by atoms with van der Waals surface area (Å²) in [4.78, 5) is 0.342. The number of nitrogens with one attached hydrogen (secondary N) is 1. The van der Waals surface area contributed by atoms with Crippen LogP contribution in [0.5, 0.6) is 0 Å². The van der Waals surface area contributed by atoms with Crippen LogP contribution in [0.4, 0.5) is 10.1 Å². The Hall–Kier alpha value is -1.46. The van der Waals surface area contributed by atoms with Gasteiger partial charge in [0.1, 0.15) is 10.8 Å². The van der Waals surface area contributed by atoms with Crippen LogP contribution < -0.4 is 11.1 Å². The van der Waals surface area contributed by atoms with E-state index in [-0.39, 0.29) is 5.82 Å². The van der Waals surface area contributed by atoms with Crippen LogP contribution >= 0.6 is 28.1 Å². The van der Waals surface area contributed by atoms with Gasteiger partial charge in [0.25, 0.3) is 0 Å². The number of hydrogen-bond acceptors (Lipinski definition) is 2. The van der Waals surface area contributed by atoms with Crippen LogP contribution in [0.3, 0.4) is 0 Å². The molecule has 0 heterocycles. The average molecular weight is 339 g/mol. The van der Waals surface area contributed by atoms with Gasteiger partial charge < -0.3 is 11.1 Å². The van der Waals surface area contributed by atoms with Gasteiger partial charge in [0.15, 0.2) is 0 Å². The predicted octanol–water partition coefficient (Wildman–Crippen LogP) is 3.83. The maximum atomic E-state index is 12.8. The van der Waals surface area contributed by atoms with Gasteiger partial charge in [-0.15, -0.1) is 0 Å². The van der Waals surface area contributed by atoms with Crippen molar-refractivity contribution in [1.29, 1.82) is 0 Å². The van der Waals surface area contributed by atoms with E-state index in [4.69, 9.17) is 18.0 Å². The van der Waals surface area contributed by atoms with E-state index in [1.165, 1.54) is 12.1 Å². The third-order valence-corrected chi connectivity index (χ3v) is 3.36. The first-order valence-electron chi connectivity index (χ1n) is 5.64. The van der Waals surface area contributed by atoms with Crippen molar-refractivity contribution in [1.82, 2.24) is 0 Å². The van der Waals surface area contributed by atoms with Crippen molar-refractivity contribution in [2.75, 3.05) is 5.32 Å². The van der Waals surface area contributed by atoms with Gasteiger partial charge in [-0.1, -0.05) is 40.3 Å². The van der Waals surface area contributed by atoms with Gasteiger partial charge in [-0.05, 0) is 35.9 Å². The third-order valence-electron chi connectivity index (χ3n) is 2.64. The zero-order valence-electron chi connectivity index (χ0n) is 9.99. The molecule has 0 aliphatic heterocycles. The Labute approximate surface area is 124 Å². The lowest BCUT2D eigenvalue weighted by Gasteiger charge is -2.12. The number of benzene rings is 2. The summed E-state index contributed by atoms with van der Waals surface area (Å²) in [7, 11) is 0. The number of rotatable bonds is 4. The normalized spacial score (nSPS) is 10.2. The molecule has 0 bridgehead atoms. The molecule has 5 heteroatoms. The number of halogens is 2. The van der Waals surface area contributed by atoms with E-state index in [1.807, 2.05) is 18.2 Å². The minimum Gasteiger partial charge on any atom is -0.389 e. The van der Waals surface area contributed by atoms with Crippen molar-refractivity contribution in [3.8, 4) is 0 Å². The Bertz CT molecular complexity index is 599. The van der Waals surface area contributed by atoms with Crippen LogP contribution in [0.15, 0.2) is 46.9 Å². The molecule has 0 fully saturated rings. The molecule has 0 radical (unpaired) electrons. The van der Waals surface area contributed by atoms with Crippen LogP contribution in [0.1, 0.15) is 11.1 Å². The zero-order chi connectivity index (χ0) is 13.8. The summed E-state index contributed by atoms with van der Waals surface area (Å²) in [6.07, 6.45) is 0. The third kappa shape index (κ3) is 3.75. The van der Waals surface area contributed by atoms with Gasteiger partial charge in [-0.2, -0.15) is 0 Å². The maximum Gasteiger partial charge on any atom is 0.123 e. The highest BCUT2D eigenvalue weighted by atomic mass is 79.9. The second kappa shape index (κ2) is 6.12. The molecule has 2 aromatic carbocycles.